The molecule has 0 amide bonds. The van der Waals surface area contributed by atoms with Crippen molar-refractivity contribution in [1.29, 1.82) is 0 Å². The summed E-state index contributed by atoms with van der Waals surface area (Å²) in [5.41, 5.74) is 1.22. The van der Waals surface area contributed by atoms with E-state index in [-0.39, 0.29) is 6.04 Å². The van der Waals surface area contributed by atoms with Crippen molar-refractivity contribution in [1.82, 2.24) is 10.3 Å². The van der Waals surface area contributed by atoms with Gasteiger partial charge in [-0.3, -0.25) is 0 Å². The van der Waals surface area contributed by atoms with E-state index in [0.717, 1.165) is 23.8 Å². The lowest BCUT2D eigenvalue weighted by Gasteiger charge is -2.13. The van der Waals surface area contributed by atoms with Gasteiger partial charge in [0.15, 0.2) is 0 Å². The van der Waals surface area contributed by atoms with Crippen LogP contribution in [0.15, 0.2) is 34.9 Å². The molecule has 0 spiro atoms. The van der Waals surface area contributed by atoms with Crippen molar-refractivity contribution >= 4 is 0 Å². The highest BCUT2D eigenvalue weighted by atomic mass is 16.5. The van der Waals surface area contributed by atoms with Crippen molar-refractivity contribution in [3.8, 4) is 5.75 Å². The second kappa shape index (κ2) is 7.10. The average molecular weight is 274 g/mol. The van der Waals surface area contributed by atoms with Gasteiger partial charge in [-0.1, -0.05) is 19.1 Å². The zero-order valence-electron chi connectivity index (χ0n) is 12.3. The summed E-state index contributed by atoms with van der Waals surface area (Å²) in [6, 6.07) is 8.39. The fourth-order valence-corrected chi connectivity index (χ4v) is 1.97. The van der Waals surface area contributed by atoms with Crippen LogP contribution in [0, 0.1) is 0 Å². The van der Waals surface area contributed by atoms with Crippen LogP contribution >= 0.6 is 0 Å². The Morgan fingerprint density at radius 3 is 2.60 bits per heavy atom. The Morgan fingerprint density at radius 1 is 1.25 bits per heavy atom. The molecule has 1 unspecified atom stereocenters. The molecule has 1 aromatic heterocycles. The summed E-state index contributed by atoms with van der Waals surface area (Å²) in [5, 5.41) is 3.41. The highest BCUT2D eigenvalue weighted by Gasteiger charge is 2.08. The van der Waals surface area contributed by atoms with Crippen LogP contribution < -0.4 is 10.1 Å². The van der Waals surface area contributed by atoms with Gasteiger partial charge >= 0.3 is 0 Å². The van der Waals surface area contributed by atoms with Crippen LogP contribution in [0.4, 0.5) is 0 Å². The number of ether oxygens (including phenoxy) is 1. The largest absolute Gasteiger partial charge is 0.494 e. The monoisotopic (exact) mass is 274 g/mol. The summed E-state index contributed by atoms with van der Waals surface area (Å²) in [4.78, 5) is 4.24. The standard InChI is InChI=1S/C16H22N2O2/c1-4-14-10-18-16(20-14)11-17-12(3)13-6-8-15(9-7-13)19-5-2/h6-10,12,17H,4-5,11H2,1-3H3. The third-order valence-corrected chi connectivity index (χ3v) is 3.20. The molecule has 0 bridgehead atoms. The molecule has 2 aromatic rings. The highest BCUT2D eigenvalue weighted by molar-refractivity contribution is 5.28. The van der Waals surface area contributed by atoms with Crippen molar-refractivity contribution in [2.45, 2.75) is 39.8 Å². The summed E-state index contributed by atoms with van der Waals surface area (Å²) in [5.74, 6) is 2.57. The van der Waals surface area contributed by atoms with E-state index in [1.165, 1.54) is 5.56 Å². The second-order valence-corrected chi connectivity index (χ2v) is 4.68. The normalized spacial score (nSPS) is 12.3. The molecule has 0 aliphatic carbocycles. The van der Waals surface area contributed by atoms with Gasteiger partial charge < -0.3 is 14.5 Å². The SMILES string of the molecule is CCOc1ccc(C(C)NCc2ncc(CC)o2)cc1. The molecule has 0 aliphatic heterocycles. The number of rotatable bonds is 7. The quantitative estimate of drug-likeness (QED) is 0.839. The minimum Gasteiger partial charge on any atom is -0.494 e. The van der Waals surface area contributed by atoms with Crippen molar-refractivity contribution in [3.63, 3.8) is 0 Å². The van der Waals surface area contributed by atoms with E-state index in [1.807, 2.05) is 19.1 Å². The van der Waals surface area contributed by atoms with Gasteiger partial charge in [-0.25, -0.2) is 4.98 Å². The molecule has 0 saturated heterocycles. The number of nitrogens with zero attached hydrogens (tertiary/aromatic N) is 1. The first kappa shape index (κ1) is 14.6. The van der Waals surface area contributed by atoms with E-state index in [0.29, 0.717) is 13.2 Å². The van der Waals surface area contributed by atoms with Gasteiger partial charge in [0.1, 0.15) is 11.5 Å². The van der Waals surface area contributed by atoms with Crippen molar-refractivity contribution in [2.75, 3.05) is 6.61 Å². The molecule has 20 heavy (non-hydrogen) atoms. The molecule has 108 valence electrons. The minimum atomic E-state index is 0.239. The molecule has 0 radical (unpaired) electrons. The first-order valence-electron chi connectivity index (χ1n) is 7.12. The summed E-state index contributed by atoms with van der Waals surface area (Å²) >= 11 is 0. The van der Waals surface area contributed by atoms with Crippen LogP contribution in [-0.4, -0.2) is 11.6 Å². The predicted molar refractivity (Wildman–Crippen MR) is 78.7 cm³/mol. The number of aromatic nitrogens is 1. The molecular formula is C16H22N2O2. The van der Waals surface area contributed by atoms with Gasteiger partial charge in [0.2, 0.25) is 5.89 Å². The molecule has 1 atom stereocenters. The van der Waals surface area contributed by atoms with Gasteiger partial charge in [0, 0.05) is 12.5 Å². The second-order valence-electron chi connectivity index (χ2n) is 4.68. The Balaban J connectivity index is 1.89. The molecule has 1 heterocycles. The molecule has 4 nitrogen and oxygen atoms in total. The molecule has 1 aromatic carbocycles. The number of oxazole rings is 1. The topological polar surface area (TPSA) is 47.3 Å². The molecule has 0 saturated carbocycles. The Bertz CT molecular complexity index is 520. The lowest BCUT2D eigenvalue weighted by molar-refractivity contribution is 0.340. The third kappa shape index (κ3) is 3.84. The van der Waals surface area contributed by atoms with Gasteiger partial charge in [0.05, 0.1) is 19.3 Å². The Kier molecular flexibility index (Phi) is 5.18. The lowest BCUT2D eigenvalue weighted by Crippen LogP contribution is -2.18. The molecule has 0 aliphatic rings. The number of hydrogen-bond acceptors (Lipinski definition) is 4. The van der Waals surface area contributed by atoms with Gasteiger partial charge in [-0.2, -0.15) is 0 Å². The van der Waals surface area contributed by atoms with E-state index >= 15 is 0 Å². The zero-order chi connectivity index (χ0) is 14.4. The maximum absolute atomic E-state index is 5.58. The summed E-state index contributed by atoms with van der Waals surface area (Å²) in [6.45, 7) is 7.49. The van der Waals surface area contributed by atoms with Crippen molar-refractivity contribution < 1.29 is 9.15 Å². The van der Waals surface area contributed by atoms with Crippen LogP contribution in [0.1, 0.15) is 44.0 Å². The Morgan fingerprint density at radius 2 is 2.00 bits per heavy atom. The van der Waals surface area contributed by atoms with Gasteiger partial charge in [0.25, 0.3) is 0 Å². The van der Waals surface area contributed by atoms with E-state index in [2.05, 4.69) is 36.3 Å². The maximum Gasteiger partial charge on any atom is 0.208 e. The fraction of sp³-hybridized carbons (Fsp3) is 0.438. The number of benzene rings is 1. The Hall–Kier alpha value is -1.81. The first-order valence-corrected chi connectivity index (χ1v) is 7.12. The molecule has 4 heteroatoms. The molecule has 1 N–H and O–H groups in total. The fourth-order valence-electron chi connectivity index (χ4n) is 1.97. The highest BCUT2D eigenvalue weighted by Crippen LogP contribution is 2.18. The van der Waals surface area contributed by atoms with E-state index in [4.69, 9.17) is 9.15 Å². The van der Waals surface area contributed by atoms with Gasteiger partial charge in [-0.15, -0.1) is 0 Å². The molecule has 0 fully saturated rings. The van der Waals surface area contributed by atoms with Crippen LogP contribution in [-0.2, 0) is 13.0 Å². The van der Waals surface area contributed by atoms with Gasteiger partial charge in [-0.05, 0) is 31.5 Å². The average Bonchev–Trinajstić information content (AvgIpc) is 2.94. The van der Waals surface area contributed by atoms with Crippen LogP contribution in [0.5, 0.6) is 5.75 Å². The van der Waals surface area contributed by atoms with Crippen LogP contribution in [0.3, 0.4) is 0 Å². The lowest BCUT2D eigenvalue weighted by atomic mass is 10.1. The van der Waals surface area contributed by atoms with E-state index in [9.17, 15) is 0 Å². The van der Waals surface area contributed by atoms with Crippen LogP contribution in [0.2, 0.25) is 0 Å². The zero-order valence-corrected chi connectivity index (χ0v) is 12.3. The number of aryl methyl sites for hydroxylation is 1. The summed E-state index contributed by atoms with van der Waals surface area (Å²) in [7, 11) is 0. The van der Waals surface area contributed by atoms with E-state index < -0.39 is 0 Å². The number of nitrogens with one attached hydrogen (secondary N) is 1. The molecule has 2 rings (SSSR count). The van der Waals surface area contributed by atoms with Crippen molar-refractivity contribution in [2.24, 2.45) is 0 Å². The van der Waals surface area contributed by atoms with Crippen LogP contribution in [0.25, 0.3) is 0 Å². The molecular weight excluding hydrogens is 252 g/mol. The maximum atomic E-state index is 5.58. The summed E-state index contributed by atoms with van der Waals surface area (Å²) in [6.07, 6.45) is 2.67. The first-order chi connectivity index (χ1) is 9.72. The van der Waals surface area contributed by atoms with Crippen molar-refractivity contribution in [3.05, 3.63) is 47.7 Å². The summed E-state index contributed by atoms with van der Waals surface area (Å²) < 4.78 is 11.0. The van der Waals surface area contributed by atoms with E-state index in [1.54, 1.807) is 6.20 Å². The smallest absolute Gasteiger partial charge is 0.208 e. The number of hydrogen-bond donors (Lipinski definition) is 1. The predicted octanol–water partition coefficient (Wildman–Crippen LogP) is 3.49. The Labute approximate surface area is 120 Å². The minimum absolute atomic E-state index is 0.239. The third-order valence-electron chi connectivity index (χ3n) is 3.20.